The fourth-order valence-corrected chi connectivity index (χ4v) is 8.77. The second kappa shape index (κ2) is 10.2. The van der Waals surface area contributed by atoms with Crippen LogP contribution in [-0.4, -0.2) is 34.6 Å². The summed E-state index contributed by atoms with van der Waals surface area (Å²) >= 11 is 7.67. The number of benzene rings is 2. The Morgan fingerprint density at radius 3 is 2.35 bits per heavy atom. The Hall–Kier alpha value is -2.87. The van der Waals surface area contributed by atoms with Crippen LogP contribution in [0.2, 0.25) is 0 Å². The van der Waals surface area contributed by atoms with Gasteiger partial charge in [-0.1, -0.05) is 85.5 Å². The number of thiol groups is 1. The molecule has 0 bridgehead atoms. The van der Waals surface area contributed by atoms with E-state index in [2.05, 4.69) is 147 Å². The van der Waals surface area contributed by atoms with E-state index >= 15 is 0 Å². The van der Waals surface area contributed by atoms with Crippen molar-refractivity contribution in [3.05, 3.63) is 106 Å². The van der Waals surface area contributed by atoms with E-state index in [1.807, 2.05) is 0 Å². The number of allylic oxidation sites excluding steroid dienone is 7. The molecule has 3 aromatic rings. The highest BCUT2D eigenvalue weighted by Gasteiger charge is 2.42. The molecule has 0 atom stereocenters. The number of fused-ring (bicyclic) bond motifs is 2. The summed E-state index contributed by atoms with van der Waals surface area (Å²) in [7, 11) is 4.35. The minimum Gasteiger partial charge on any atom is -0.347 e. The molecule has 0 N–H and O–H groups in total. The first kappa shape index (κ1) is 27.3. The molecule has 0 saturated heterocycles. The summed E-state index contributed by atoms with van der Waals surface area (Å²) < 4.78 is 3.96. The SMILES string of the molecule is CN1/C(=C/C=C2\CCC(/C=C/C3=[N+](C)c4ccccc4C3(C)C)=C2Sc2nnc(S)s2)C(C)(C)c2ccccc21. The number of thioether (sulfide) groups is 1. The van der Waals surface area contributed by atoms with Gasteiger partial charge < -0.3 is 4.90 Å². The van der Waals surface area contributed by atoms with Crippen LogP contribution in [0.4, 0.5) is 11.4 Å². The minimum atomic E-state index is -0.0504. The number of likely N-dealkylation sites (N-methyl/N-ethyl adjacent to an activating group) is 1. The quantitative estimate of drug-likeness (QED) is 0.241. The molecule has 2 aromatic carbocycles. The first-order valence-electron chi connectivity index (χ1n) is 13.7. The fraction of sp³-hybridized carbons (Fsp3) is 0.303. The molecule has 40 heavy (non-hydrogen) atoms. The van der Waals surface area contributed by atoms with Gasteiger partial charge >= 0.3 is 0 Å². The van der Waals surface area contributed by atoms with Crippen molar-refractivity contribution in [2.75, 3.05) is 19.0 Å². The van der Waals surface area contributed by atoms with Gasteiger partial charge in [0.05, 0.1) is 5.41 Å². The van der Waals surface area contributed by atoms with Crippen molar-refractivity contribution in [1.29, 1.82) is 0 Å². The molecular weight excluding hydrogens is 549 g/mol. The molecule has 3 heterocycles. The van der Waals surface area contributed by atoms with Crippen LogP contribution in [0.25, 0.3) is 0 Å². The van der Waals surface area contributed by atoms with E-state index < -0.39 is 0 Å². The number of para-hydroxylation sites is 2. The summed E-state index contributed by atoms with van der Waals surface area (Å²) in [5.74, 6) is 0. The third-order valence-electron chi connectivity index (χ3n) is 8.60. The fourth-order valence-electron chi connectivity index (χ4n) is 6.45. The average Bonchev–Trinajstić information content (AvgIpc) is 3.62. The zero-order chi connectivity index (χ0) is 28.2. The average molecular weight is 584 g/mol. The van der Waals surface area contributed by atoms with E-state index in [0.717, 1.165) is 17.2 Å². The summed E-state index contributed by atoms with van der Waals surface area (Å²) in [5, 5.41) is 8.53. The lowest BCUT2D eigenvalue weighted by molar-refractivity contribution is -0.401. The van der Waals surface area contributed by atoms with Crippen LogP contribution in [-0.2, 0) is 10.8 Å². The van der Waals surface area contributed by atoms with Crippen molar-refractivity contribution in [1.82, 2.24) is 10.2 Å². The van der Waals surface area contributed by atoms with E-state index in [4.69, 9.17) is 0 Å². The molecular formula is C33H35N4S3+. The number of hydrogen-bond donors (Lipinski definition) is 1. The Morgan fingerprint density at radius 2 is 1.65 bits per heavy atom. The van der Waals surface area contributed by atoms with Crippen molar-refractivity contribution in [2.45, 2.75) is 60.0 Å². The number of nitrogens with zero attached hydrogens (tertiary/aromatic N) is 4. The van der Waals surface area contributed by atoms with Crippen molar-refractivity contribution in [3.8, 4) is 0 Å². The van der Waals surface area contributed by atoms with Crippen LogP contribution in [0.1, 0.15) is 51.7 Å². The van der Waals surface area contributed by atoms with Crippen LogP contribution in [0, 0.1) is 0 Å². The molecule has 2 aliphatic heterocycles. The molecule has 1 aromatic heterocycles. The normalized spacial score (nSPS) is 21.4. The highest BCUT2D eigenvalue weighted by Crippen LogP contribution is 2.48. The Balaban J connectivity index is 1.38. The maximum absolute atomic E-state index is 4.42. The summed E-state index contributed by atoms with van der Waals surface area (Å²) in [6, 6.07) is 17.5. The van der Waals surface area contributed by atoms with E-state index in [-0.39, 0.29) is 10.8 Å². The second-order valence-electron chi connectivity index (χ2n) is 11.7. The predicted molar refractivity (Wildman–Crippen MR) is 173 cm³/mol. The van der Waals surface area contributed by atoms with Gasteiger partial charge in [-0.25, -0.2) is 0 Å². The zero-order valence-corrected chi connectivity index (χ0v) is 26.4. The second-order valence-corrected chi connectivity index (χ2v) is 14.6. The molecule has 0 amide bonds. The third kappa shape index (κ3) is 4.52. The van der Waals surface area contributed by atoms with Gasteiger partial charge in [-0.05, 0) is 55.5 Å². The summed E-state index contributed by atoms with van der Waals surface area (Å²) in [6.07, 6.45) is 11.3. The van der Waals surface area contributed by atoms with Gasteiger partial charge in [0.1, 0.15) is 7.05 Å². The van der Waals surface area contributed by atoms with Gasteiger partial charge in [-0.15, -0.1) is 22.8 Å². The van der Waals surface area contributed by atoms with Crippen LogP contribution >= 0.6 is 35.7 Å². The lowest BCUT2D eigenvalue weighted by Crippen LogP contribution is -2.26. The van der Waals surface area contributed by atoms with Gasteiger partial charge in [0.15, 0.2) is 14.4 Å². The van der Waals surface area contributed by atoms with Gasteiger partial charge in [-0.3, -0.25) is 0 Å². The van der Waals surface area contributed by atoms with Crippen LogP contribution in [0.5, 0.6) is 0 Å². The van der Waals surface area contributed by atoms with E-state index in [0.29, 0.717) is 4.34 Å². The van der Waals surface area contributed by atoms with E-state index in [9.17, 15) is 0 Å². The number of rotatable bonds is 5. The monoisotopic (exact) mass is 583 g/mol. The van der Waals surface area contributed by atoms with Crippen molar-refractivity contribution >= 4 is 52.8 Å². The molecule has 0 fully saturated rings. The van der Waals surface area contributed by atoms with E-state index in [1.54, 1.807) is 11.8 Å². The number of anilines is 1. The van der Waals surface area contributed by atoms with Crippen molar-refractivity contribution < 1.29 is 4.58 Å². The van der Waals surface area contributed by atoms with Crippen LogP contribution in [0.3, 0.4) is 0 Å². The van der Waals surface area contributed by atoms with Gasteiger partial charge in [0, 0.05) is 46.5 Å². The lowest BCUT2D eigenvalue weighted by Gasteiger charge is -2.23. The smallest absolute Gasteiger partial charge is 0.209 e. The molecule has 0 unspecified atom stereocenters. The maximum Gasteiger partial charge on any atom is 0.209 e. The highest BCUT2D eigenvalue weighted by atomic mass is 32.2. The standard InChI is InChI=1S/C33H34N4S3/c1-32(2)23-11-7-9-13-25(23)36(5)27(32)19-17-21-15-16-22(29(21)39-31-35-34-30(38)40-31)18-20-28-33(3,4)24-12-8-10-14-26(24)37(28)6/h7-14,17-20H,15-16H2,1-6H3/p+1. The van der Waals surface area contributed by atoms with Gasteiger partial charge in [-0.2, -0.15) is 4.58 Å². The van der Waals surface area contributed by atoms with Gasteiger partial charge in [0.2, 0.25) is 5.69 Å². The van der Waals surface area contributed by atoms with Crippen molar-refractivity contribution in [3.63, 3.8) is 0 Å². The third-order valence-corrected chi connectivity index (χ3v) is 11.0. The molecule has 4 nitrogen and oxygen atoms in total. The van der Waals surface area contributed by atoms with Gasteiger partial charge in [0.25, 0.3) is 0 Å². The molecule has 0 saturated carbocycles. The maximum atomic E-state index is 4.42. The Bertz CT molecular complexity index is 1670. The zero-order valence-electron chi connectivity index (χ0n) is 23.9. The minimum absolute atomic E-state index is 0.0504. The largest absolute Gasteiger partial charge is 0.347 e. The first-order valence-corrected chi connectivity index (χ1v) is 15.7. The summed E-state index contributed by atoms with van der Waals surface area (Å²) in [5.41, 5.74) is 10.5. The molecule has 7 heteroatoms. The molecule has 6 rings (SSSR count). The lowest BCUT2D eigenvalue weighted by atomic mass is 9.81. The first-order chi connectivity index (χ1) is 19.1. The van der Waals surface area contributed by atoms with Crippen LogP contribution < -0.4 is 4.90 Å². The summed E-state index contributed by atoms with van der Waals surface area (Å²) in [6.45, 7) is 9.27. The Morgan fingerprint density at radius 1 is 0.925 bits per heavy atom. The number of hydrogen-bond acceptors (Lipinski definition) is 6. The van der Waals surface area contributed by atoms with Crippen LogP contribution in [0.15, 0.2) is 103 Å². The summed E-state index contributed by atoms with van der Waals surface area (Å²) in [4.78, 5) is 3.62. The van der Waals surface area contributed by atoms with E-state index in [1.165, 1.54) is 61.3 Å². The molecule has 0 radical (unpaired) electrons. The molecule has 3 aliphatic rings. The molecule has 0 spiro atoms. The Labute approximate surface area is 251 Å². The Kier molecular flexibility index (Phi) is 6.96. The molecule has 1 aliphatic carbocycles. The topological polar surface area (TPSA) is 32.0 Å². The highest BCUT2D eigenvalue weighted by molar-refractivity contribution is 8.05. The van der Waals surface area contributed by atoms with Crippen molar-refractivity contribution in [2.24, 2.45) is 0 Å². The predicted octanol–water partition coefficient (Wildman–Crippen LogP) is 8.47. The number of aromatic nitrogens is 2. The molecule has 204 valence electrons.